The number of aliphatic hydroxyl groups is 1. The van der Waals surface area contributed by atoms with Gasteiger partial charge in [-0.2, -0.15) is 0 Å². The second-order valence-corrected chi connectivity index (χ2v) is 9.59. The minimum Gasteiger partial charge on any atom is -0.389 e. The fourth-order valence-electron chi connectivity index (χ4n) is 1.06. The number of hydrogen-bond donors (Lipinski definition) is 1. The molecule has 0 heterocycles. The predicted octanol–water partition coefficient (Wildman–Crippen LogP) is 1.52. The van der Waals surface area contributed by atoms with Crippen molar-refractivity contribution in [2.24, 2.45) is 5.92 Å². The molecule has 0 radical (unpaired) electrons. The standard InChI is InChI=1S/C7H12ClIO3S/c1-2-13(11,12)7(8,9)6(10)5-3-4-5/h5-6,10H,2-4H2,1H3/t6-,7-/m1/s1. The molecule has 0 amide bonds. The quantitative estimate of drug-likeness (QED) is 0.624. The molecule has 0 unspecified atom stereocenters. The molecule has 6 heteroatoms. The molecule has 1 saturated carbocycles. The Hall–Kier alpha value is 0.930. The van der Waals surface area contributed by atoms with Crippen LogP contribution in [0, 0.1) is 5.92 Å². The Morgan fingerprint density at radius 1 is 1.69 bits per heavy atom. The van der Waals surface area contributed by atoms with Gasteiger partial charge in [0.2, 0.25) is 2.21 Å². The average Bonchev–Trinajstić information content (AvgIpc) is 2.85. The van der Waals surface area contributed by atoms with Crippen molar-refractivity contribution < 1.29 is 13.5 Å². The normalized spacial score (nSPS) is 25.2. The number of halogens is 2. The van der Waals surface area contributed by atoms with E-state index in [9.17, 15) is 13.5 Å². The Labute approximate surface area is 96.9 Å². The summed E-state index contributed by atoms with van der Waals surface area (Å²) in [7, 11) is -3.40. The highest BCUT2D eigenvalue weighted by molar-refractivity contribution is 14.1. The number of sulfone groups is 1. The highest BCUT2D eigenvalue weighted by Crippen LogP contribution is 2.46. The number of aliphatic hydroxyl groups excluding tert-OH is 1. The summed E-state index contributed by atoms with van der Waals surface area (Å²) in [6, 6.07) is 0. The van der Waals surface area contributed by atoms with E-state index in [1.807, 2.05) is 0 Å². The zero-order chi connectivity index (χ0) is 10.3. The van der Waals surface area contributed by atoms with E-state index >= 15 is 0 Å². The van der Waals surface area contributed by atoms with Gasteiger partial charge in [0.25, 0.3) is 0 Å². The van der Waals surface area contributed by atoms with E-state index < -0.39 is 18.2 Å². The summed E-state index contributed by atoms with van der Waals surface area (Å²) in [5.74, 6) is 0.0270. The van der Waals surface area contributed by atoms with Gasteiger partial charge < -0.3 is 5.11 Å². The summed E-state index contributed by atoms with van der Waals surface area (Å²) in [5, 5.41) is 9.66. The monoisotopic (exact) mass is 338 g/mol. The Morgan fingerprint density at radius 2 is 2.15 bits per heavy atom. The molecule has 0 aromatic rings. The molecule has 0 aliphatic heterocycles. The maximum atomic E-state index is 11.5. The van der Waals surface area contributed by atoms with Gasteiger partial charge in [-0.1, -0.05) is 18.5 Å². The maximum Gasteiger partial charge on any atom is 0.221 e. The van der Waals surface area contributed by atoms with E-state index in [2.05, 4.69) is 0 Å². The lowest BCUT2D eigenvalue weighted by Crippen LogP contribution is -2.40. The Balaban J connectivity index is 2.85. The minimum atomic E-state index is -3.40. The largest absolute Gasteiger partial charge is 0.389 e. The number of rotatable bonds is 4. The smallest absolute Gasteiger partial charge is 0.221 e. The van der Waals surface area contributed by atoms with Crippen molar-refractivity contribution in [3.05, 3.63) is 0 Å². The summed E-state index contributed by atoms with van der Waals surface area (Å²) in [5.41, 5.74) is 0. The van der Waals surface area contributed by atoms with E-state index in [1.165, 1.54) is 6.92 Å². The van der Waals surface area contributed by atoms with Crippen molar-refractivity contribution in [2.45, 2.75) is 28.1 Å². The molecule has 78 valence electrons. The summed E-state index contributed by atoms with van der Waals surface area (Å²) < 4.78 is 21.4. The lowest BCUT2D eigenvalue weighted by atomic mass is 10.3. The molecule has 1 rings (SSSR count). The van der Waals surface area contributed by atoms with Gasteiger partial charge in [-0.05, 0) is 41.4 Å². The van der Waals surface area contributed by atoms with E-state index in [0.29, 0.717) is 0 Å². The molecule has 0 aromatic heterocycles. The van der Waals surface area contributed by atoms with Crippen molar-refractivity contribution in [3.8, 4) is 0 Å². The van der Waals surface area contributed by atoms with Crippen LogP contribution in [0.2, 0.25) is 0 Å². The van der Waals surface area contributed by atoms with Crippen LogP contribution in [0.15, 0.2) is 0 Å². The molecule has 0 saturated heterocycles. The van der Waals surface area contributed by atoms with Gasteiger partial charge in [-0.3, -0.25) is 0 Å². The molecule has 2 atom stereocenters. The molecule has 0 bridgehead atoms. The second kappa shape index (κ2) is 3.83. The van der Waals surface area contributed by atoms with Crippen molar-refractivity contribution >= 4 is 44.0 Å². The van der Waals surface area contributed by atoms with Crippen LogP contribution in [0.25, 0.3) is 0 Å². The van der Waals surface area contributed by atoms with Crippen LogP contribution in [0.5, 0.6) is 0 Å². The first-order valence-corrected chi connectivity index (χ1v) is 7.22. The lowest BCUT2D eigenvalue weighted by molar-refractivity contribution is 0.160. The molecule has 1 N–H and O–H groups in total. The van der Waals surface area contributed by atoms with Gasteiger partial charge >= 0.3 is 0 Å². The summed E-state index contributed by atoms with van der Waals surface area (Å²) in [4.78, 5) is 0. The first-order chi connectivity index (χ1) is 5.83. The van der Waals surface area contributed by atoms with Gasteiger partial charge in [0.05, 0.1) is 11.9 Å². The molecule has 1 fully saturated rings. The average molecular weight is 339 g/mol. The first-order valence-electron chi connectivity index (χ1n) is 4.11. The molecule has 0 spiro atoms. The number of hydrogen-bond acceptors (Lipinski definition) is 3. The second-order valence-electron chi connectivity index (χ2n) is 3.25. The van der Waals surface area contributed by atoms with Gasteiger partial charge in [0.1, 0.15) is 0 Å². The molecular weight excluding hydrogens is 326 g/mol. The maximum absolute atomic E-state index is 11.5. The predicted molar refractivity (Wildman–Crippen MR) is 60.8 cm³/mol. The molecule has 13 heavy (non-hydrogen) atoms. The Kier molecular flexibility index (Phi) is 3.53. The molecule has 3 nitrogen and oxygen atoms in total. The Bertz CT molecular complexity index is 284. The van der Waals surface area contributed by atoms with Crippen LogP contribution in [0.1, 0.15) is 19.8 Å². The SMILES string of the molecule is CCS(=O)(=O)[C@](Cl)(I)[C@H](O)C1CC1. The van der Waals surface area contributed by atoms with Gasteiger partial charge in [0, 0.05) is 0 Å². The van der Waals surface area contributed by atoms with Crippen LogP contribution in [0.3, 0.4) is 0 Å². The van der Waals surface area contributed by atoms with Gasteiger partial charge in [0.15, 0.2) is 9.84 Å². The van der Waals surface area contributed by atoms with Crippen LogP contribution in [-0.2, 0) is 9.84 Å². The van der Waals surface area contributed by atoms with E-state index in [0.717, 1.165) is 12.8 Å². The van der Waals surface area contributed by atoms with E-state index in [1.54, 1.807) is 22.6 Å². The zero-order valence-electron chi connectivity index (χ0n) is 7.20. The van der Waals surface area contributed by atoms with Crippen molar-refractivity contribution in [2.75, 3.05) is 5.75 Å². The highest BCUT2D eigenvalue weighted by atomic mass is 127. The third kappa shape index (κ3) is 2.30. The summed E-state index contributed by atoms with van der Waals surface area (Å²) in [6.07, 6.45) is 0.801. The summed E-state index contributed by atoms with van der Waals surface area (Å²) in [6.45, 7) is 1.53. The fourth-order valence-corrected chi connectivity index (χ4v) is 3.96. The minimum absolute atomic E-state index is 0.0385. The van der Waals surface area contributed by atoms with Gasteiger partial charge in [-0.25, -0.2) is 8.42 Å². The first kappa shape index (κ1) is 12.0. The van der Waals surface area contributed by atoms with Crippen LogP contribution < -0.4 is 0 Å². The Morgan fingerprint density at radius 3 is 2.46 bits per heavy atom. The van der Waals surface area contributed by atoms with E-state index in [4.69, 9.17) is 11.6 Å². The molecule has 1 aliphatic rings. The molecule has 0 aromatic carbocycles. The summed E-state index contributed by atoms with van der Waals surface area (Å²) >= 11 is 7.49. The third-order valence-electron chi connectivity index (χ3n) is 2.21. The molecular formula is C7H12ClIO3S. The van der Waals surface area contributed by atoms with Crippen LogP contribution in [0.4, 0.5) is 0 Å². The van der Waals surface area contributed by atoms with Crippen molar-refractivity contribution in [1.29, 1.82) is 0 Å². The van der Waals surface area contributed by atoms with E-state index in [-0.39, 0.29) is 11.7 Å². The number of alkyl halides is 2. The van der Waals surface area contributed by atoms with Crippen molar-refractivity contribution in [3.63, 3.8) is 0 Å². The van der Waals surface area contributed by atoms with Gasteiger partial charge in [-0.15, -0.1) is 0 Å². The topological polar surface area (TPSA) is 54.4 Å². The zero-order valence-corrected chi connectivity index (χ0v) is 10.9. The lowest BCUT2D eigenvalue weighted by Gasteiger charge is -2.25. The molecule has 1 aliphatic carbocycles. The third-order valence-corrected chi connectivity index (χ3v) is 7.62. The van der Waals surface area contributed by atoms with Crippen LogP contribution >= 0.6 is 34.2 Å². The fraction of sp³-hybridized carbons (Fsp3) is 1.00. The van der Waals surface area contributed by atoms with Crippen molar-refractivity contribution in [1.82, 2.24) is 0 Å². The van der Waals surface area contributed by atoms with Crippen LogP contribution in [-0.4, -0.2) is 27.6 Å². The highest BCUT2D eigenvalue weighted by Gasteiger charge is 2.50.